The van der Waals surface area contributed by atoms with Gasteiger partial charge in [-0.3, -0.25) is 14.4 Å². The zero-order valence-electron chi connectivity index (χ0n) is 41.0. The van der Waals surface area contributed by atoms with E-state index in [1.165, 1.54) is 38.5 Å². The summed E-state index contributed by atoms with van der Waals surface area (Å²) in [6.45, 7) is 6.28. The van der Waals surface area contributed by atoms with Gasteiger partial charge in [0.25, 0.3) is 0 Å². The highest BCUT2D eigenvalue weighted by atomic mass is 16.6. The first-order valence-electron chi connectivity index (χ1n) is 25.5. The van der Waals surface area contributed by atoms with Gasteiger partial charge in [0.05, 0.1) is 0 Å². The van der Waals surface area contributed by atoms with Gasteiger partial charge in [-0.25, -0.2) is 0 Å². The van der Waals surface area contributed by atoms with Crippen molar-refractivity contribution >= 4 is 17.9 Å². The molecule has 0 aromatic rings. The molecule has 0 spiro atoms. The predicted octanol–water partition coefficient (Wildman–Crippen LogP) is 16.9. The van der Waals surface area contributed by atoms with Crippen molar-refractivity contribution in [2.75, 3.05) is 13.2 Å². The van der Waals surface area contributed by atoms with Crippen molar-refractivity contribution in [3.8, 4) is 0 Å². The minimum atomic E-state index is -0.829. The average molecular weight is 885 g/mol. The Hall–Kier alpha value is -4.19. The molecule has 0 rings (SSSR count). The van der Waals surface area contributed by atoms with E-state index < -0.39 is 6.10 Å². The van der Waals surface area contributed by atoms with E-state index in [0.717, 1.165) is 122 Å². The van der Waals surface area contributed by atoms with E-state index in [-0.39, 0.29) is 44.0 Å². The van der Waals surface area contributed by atoms with Crippen LogP contribution in [-0.2, 0) is 28.6 Å². The van der Waals surface area contributed by atoms with E-state index in [9.17, 15) is 14.4 Å². The summed E-state index contributed by atoms with van der Waals surface area (Å²) in [7, 11) is 0. The van der Waals surface area contributed by atoms with Crippen LogP contribution in [0.15, 0.2) is 122 Å². The summed E-state index contributed by atoms with van der Waals surface area (Å²) >= 11 is 0. The van der Waals surface area contributed by atoms with Crippen LogP contribution in [0, 0.1) is 0 Å². The molecule has 0 N–H and O–H groups in total. The first kappa shape index (κ1) is 59.8. The number of allylic oxidation sites excluding steroid dienone is 20. The third kappa shape index (κ3) is 48.8. The summed E-state index contributed by atoms with van der Waals surface area (Å²) in [6.07, 6.45) is 70.5. The molecule has 1 atom stereocenters. The molecule has 0 bridgehead atoms. The van der Waals surface area contributed by atoms with E-state index >= 15 is 0 Å². The van der Waals surface area contributed by atoms with Gasteiger partial charge in [0.2, 0.25) is 0 Å². The van der Waals surface area contributed by atoms with E-state index in [1.54, 1.807) is 0 Å². The molecule has 0 aromatic carbocycles. The fourth-order valence-corrected chi connectivity index (χ4v) is 6.42. The second-order valence-electron chi connectivity index (χ2n) is 16.3. The lowest BCUT2D eigenvalue weighted by Crippen LogP contribution is -2.30. The van der Waals surface area contributed by atoms with Crippen LogP contribution in [0.3, 0.4) is 0 Å². The molecule has 64 heavy (non-hydrogen) atoms. The Kier molecular flexibility index (Phi) is 48.1. The fraction of sp³-hybridized carbons (Fsp3) is 0.603. The van der Waals surface area contributed by atoms with E-state index in [1.807, 2.05) is 6.08 Å². The van der Waals surface area contributed by atoms with Crippen LogP contribution in [0.5, 0.6) is 0 Å². The van der Waals surface area contributed by atoms with Gasteiger partial charge in [-0.15, -0.1) is 0 Å². The van der Waals surface area contributed by atoms with Crippen LogP contribution in [-0.4, -0.2) is 37.2 Å². The maximum absolute atomic E-state index is 12.8. The van der Waals surface area contributed by atoms with Gasteiger partial charge in [0, 0.05) is 19.3 Å². The molecule has 0 aliphatic heterocycles. The van der Waals surface area contributed by atoms with Gasteiger partial charge < -0.3 is 14.2 Å². The van der Waals surface area contributed by atoms with Crippen LogP contribution < -0.4 is 0 Å². The van der Waals surface area contributed by atoms with Gasteiger partial charge in [-0.1, -0.05) is 194 Å². The number of rotatable bonds is 44. The predicted molar refractivity (Wildman–Crippen MR) is 274 cm³/mol. The second kappa shape index (κ2) is 51.4. The van der Waals surface area contributed by atoms with Gasteiger partial charge >= 0.3 is 17.9 Å². The first-order chi connectivity index (χ1) is 31.5. The molecule has 0 radical (unpaired) electrons. The van der Waals surface area contributed by atoms with Crippen LogP contribution in [0.4, 0.5) is 0 Å². The Bertz CT molecular complexity index is 1390. The third-order valence-electron chi connectivity index (χ3n) is 10.2. The molecular formula is C58H92O6. The van der Waals surface area contributed by atoms with Gasteiger partial charge in [0.1, 0.15) is 13.2 Å². The highest BCUT2D eigenvalue weighted by molar-refractivity contribution is 5.71. The Balaban J connectivity index is 4.55. The van der Waals surface area contributed by atoms with Crippen LogP contribution in [0.1, 0.15) is 207 Å². The highest BCUT2D eigenvalue weighted by Crippen LogP contribution is 2.11. The molecule has 1 unspecified atom stereocenters. The molecule has 0 aliphatic carbocycles. The summed E-state index contributed by atoms with van der Waals surface area (Å²) in [5.41, 5.74) is 0. The van der Waals surface area contributed by atoms with Crippen LogP contribution in [0.25, 0.3) is 0 Å². The molecule has 6 heteroatoms. The normalized spacial score (nSPS) is 13.1. The number of unbranched alkanes of at least 4 members (excludes halogenated alkanes) is 13. The molecular weight excluding hydrogens is 793 g/mol. The topological polar surface area (TPSA) is 78.9 Å². The number of carbonyl (C=O) groups excluding carboxylic acids is 3. The van der Waals surface area contributed by atoms with Crippen molar-refractivity contribution < 1.29 is 28.6 Å². The van der Waals surface area contributed by atoms with Crippen LogP contribution >= 0.6 is 0 Å². The summed E-state index contributed by atoms with van der Waals surface area (Å²) < 4.78 is 16.7. The van der Waals surface area contributed by atoms with E-state index in [0.29, 0.717) is 12.8 Å². The van der Waals surface area contributed by atoms with Crippen LogP contribution in [0.2, 0.25) is 0 Å². The maximum atomic E-state index is 12.8. The second-order valence-corrected chi connectivity index (χ2v) is 16.3. The molecule has 0 saturated carbocycles. The van der Waals surface area contributed by atoms with Gasteiger partial charge in [-0.2, -0.15) is 0 Å². The van der Waals surface area contributed by atoms with Crippen molar-refractivity contribution in [2.24, 2.45) is 0 Å². The maximum Gasteiger partial charge on any atom is 0.306 e. The number of hydrogen-bond donors (Lipinski definition) is 0. The zero-order chi connectivity index (χ0) is 46.5. The summed E-state index contributed by atoms with van der Waals surface area (Å²) in [5.74, 6) is -1.06. The monoisotopic (exact) mass is 885 g/mol. The molecule has 6 nitrogen and oxygen atoms in total. The minimum absolute atomic E-state index is 0.125. The quantitative estimate of drug-likeness (QED) is 0.0262. The van der Waals surface area contributed by atoms with Crippen molar-refractivity contribution in [1.82, 2.24) is 0 Å². The molecule has 0 fully saturated rings. The number of carbonyl (C=O) groups is 3. The highest BCUT2D eigenvalue weighted by Gasteiger charge is 2.19. The van der Waals surface area contributed by atoms with Crippen molar-refractivity contribution in [2.45, 2.75) is 213 Å². The molecule has 360 valence electrons. The number of ether oxygens (including phenoxy) is 3. The largest absolute Gasteiger partial charge is 0.462 e. The summed E-state index contributed by atoms with van der Waals surface area (Å²) in [6, 6.07) is 0. The number of esters is 3. The Morgan fingerprint density at radius 3 is 1.06 bits per heavy atom. The third-order valence-corrected chi connectivity index (χ3v) is 10.2. The lowest BCUT2D eigenvalue weighted by Gasteiger charge is -2.18. The minimum Gasteiger partial charge on any atom is -0.462 e. The van der Waals surface area contributed by atoms with E-state index in [2.05, 4.69) is 136 Å². The summed E-state index contributed by atoms with van der Waals surface area (Å²) in [5, 5.41) is 0. The van der Waals surface area contributed by atoms with Crippen molar-refractivity contribution in [3.63, 3.8) is 0 Å². The molecule has 0 aliphatic rings. The molecule has 0 heterocycles. The van der Waals surface area contributed by atoms with E-state index in [4.69, 9.17) is 14.2 Å². The van der Waals surface area contributed by atoms with Crippen molar-refractivity contribution in [3.05, 3.63) is 122 Å². The first-order valence-corrected chi connectivity index (χ1v) is 25.5. The fourth-order valence-electron chi connectivity index (χ4n) is 6.42. The van der Waals surface area contributed by atoms with Gasteiger partial charge in [-0.05, 0) is 116 Å². The van der Waals surface area contributed by atoms with Gasteiger partial charge in [0.15, 0.2) is 6.10 Å². The smallest absolute Gasteiger partial charge is 0.306 e. The Labute approximate surface area is 392 Å². The lowest BCUT2D eigenvalue weighted by atomic mass is 10.1. The Morgan fingerprint density at radius 1 is 0.328 bits per heavy atom. The molecule has 0 saturated heterocycles. The summed E-state index contributed by atoms with van der Waals surface area (Å²) in [4.78, 5) is 37.9. The zero-order valence-corrected chi connectivity index (χ0v) is 41.0. The molecule has 0 amide bonds. The lowest BCUT2D eigenvalue weighted by molar-refractivity contribution is -0.166. The molecule has 0 aromatic heterocycles. The SMILES string of the molecule is CC/C=C/C/C=C/C/C=C/C/C=C/C/C=C/CCCCCC(=O)OCC(COC(=O)CC/C=C/C/C=C/CCCCCCCC)OC(=O)CCCCCC/C=C/C/C=C/C/C=C/CC. The van der Waals surface area contributed by atoms with Crippen molar-refractivity contribution in [1.29, 1.82) is 0 Å². The number of hydrogen-bond acceptors (Lipinski definition) is 6. The average Bonchev–Trinajstić information content (AvgIpc) is 3.29. The Morgan fingerprint density at radius 2 is 0.641 bits per heavy atom. The standard InChI is InChI=1S/C58H92O6/c1-4-7-10-13-16-19-22-25-27-28-29-30-31-34-36-39-42-45-48-51-57(60)63-54-55(53-62-56(59)50-47-44-41-38-35-32-24-21-18-15-12-9-6-3)64-58(61)52-49-46-43-40-37-33-26-23-20-17-14-11-8-5-2/h7-8,10-11,16-17,19-20,25-27,29-30,32-36,41,44,55H,4-6,9,12-15,18,21-24,28,31,37-40,42-43,45-54H2,1-3H3/b10-7+,11-8+,19-16+,20-17+,27-25+,30-29+,33-26+,35-32+,36-34+,44-41+.